The molecule has 7 nitrogen and oxygen atoms in total. The van der Waals surface area contributed by atoms with Crippen LogP contribution in [0.1, 0.15) is 13.3 Å². The lowest BCUT2D eigenvalue weighted by molar-refractivity contribution is -0.129. The molecule has 0 radical (unpaired) electrons. The number of carbonyl (C=O) groups is 1. The number of benzene rings is 1. The summed E-state index contributed by atoms with van der Waals surface area (Å²) in [5.74, 6) is 1.01. The van der Waals surface area contributed by atoms with Crippen LogP contribution in [0, 0.1) is 0 Å². The number of sulfonamides is 1. The van der Waals surface area contributed by atoms with Crippen LogP contribution < -0.4 is 9.47 Å². The van der Waals surface area contributed by atoms with Crippen molar-refractivity contribution in [3.05, 3.63) is 18.2 Å². The fourth-order valence-corrected chi connectivity index (χ4v) is 4.13. The Morgan fingerprint density at radius 2 is 1.70 bits per heavy atom. The fraction of sp³-hybridized carbons (Fsp3) is 0.533. The molecule has 0 spiro atoms. The molecule has 126 valence electrons. The molecule has 0 saturated carbocycles. The molecule has 1 fully saturated rings. The van der Waals surface area contributed by atoms with Gasteiger partial charge in [-0.3, -0.25) is 4.79 Å². The minimum atomic E-state index is -3.60. The third-order valence-corrected chi connectivity index (χ3v) is 5.94. The van der Waals surface area contributed by atoms with Crippen molar-refractivity contribution in [2.24, 2.45) is 0 Å². The van der Waals surface area contributed by atoms with Crippen LogP contribution >= 0.6 is 0 Å². The normalized spacial score (nSPS) is 19.3. The van der Waals surface area contributed by atoms with Crippen LogP contribution in [0.3, 0.4) is 0 Å². The molecule has 0 bridgehead atoms. The lowest BCUT2D eigenvalue weighted by atomic mass is 10.3. The first-order valence-corrected chi connectivity index (χ1v) is 9.08. The summed E-state index contributed by atoms with van der Waals surface area (Å²) in [6.07, 6.45) is 0.768. The molecule has 2 aliphatic rings. The summed E-state index contributed by atoms with van der Waals surface area (Å²) >= 11 is 0. The number of carbonyl (C=O) groups excluding carboxylic acids is 1. The first-order valence-electron chi connectivity index (χ1n) is 7.64. The van der Waals surface area contributed by atoms with E-state index in [-0.39, 0.29) is 10.8 Å². The molecule has 8 heteroatoms. The second-order valence-electron chi connectivity index (χ2n) is 5.57. The van der Waals surface area contributed by atoms with Crippen molar-refractivity contribution in [1.82, 2.24) is 9.21 Å². The summed E-state index contributed by atoms with van der Waals surface area (Å²) < 4.78 is 38.0. The minimum absolute atomic E-state index is 0.0300. The molecule has 2 aliphatic heterocycles. The molecule has 0 aliphatic carbocycles. The van der Waals surface area contributed by atoms with E-state index >= 15 is 0 Å². The Labute approximate surface area is 135 Å². The molecule has 1 aromatic carbocycles. The van der Waals surface area contributed by atoms with Crippen LogP contribution in [0.15, 0.2) is 23.1 Å². The van der Waals surface area contributed by atoms with Gasteiger partial charge in [0.2, 0.25) is 15.9 Å². The highest BCUT2D eigenvalue weighted by atomic mass is 32.2. The number of hydrogen-bond acceptors (Lipinski definition) is 5. The average Bonchev–Trinajstić information content (AvgIpc) is 2.79. The molecule has 0 aromatic heterocycles. The molecular weight excluding hydrogens is 320 g/mol. The largest absolute Gasteiger partial charge is 0.490 e. The van der Waals surface area contributed by atoms with Gasteiger partial charge >= 0.3 is 0 Å². The third kappa shape index (κ3) is 3.28. The van der Waals surface area contributed by atoms with E-state index in [1.165, 1.54) is 17.3 Å². The van der Waals surface area contributed by atoms with Gasteiger partial charge in [0.25, 0.3) is 0 Å². The molecule has 23 heavy (non-hydrogen) atoms. The molecule has 0 atom stereocenters. The van der Waals surface area contributed by atoms with Gasteiger partial charge in [-0.15, -0.1) is 0 Å². The maximum absolute atomic E-state index is 12.8. The van der Waals surface area contributed by atoms with Crippen molar-refractivity contribution >= 4 is 15.9 Å². The Morgan fingerprint density at radius 3 is 2.35 bits per heavy atom. The molecule has 1 aromatic rings. The van der Waals surface area contributed by atoms with Gasteiger partial charge in [0.1, 0.15) is 0 Å². The Balaban J connectivity index is 1.80. The van der Waals surface area contributed by atoms with Gasteiger partial charge in [-0.25, -0.2) is 8.42 Å². The zero-order valence-corrected chi connectivity index (χ0v) is 13.8. The number of fused-ring (bicyclic) bond motifs is 1. The molecule has 2 heterocycles. The highest BCUT2D eigenvalue weighted by Crippen LogP contribution is 2.33. The highest BCUT2D eigenvalue weighted by molar-refractivity contribution is 7.89. The molecule has 0 N–H and O–H groups in total. The van der Waals surface area contributed by atoms with Gasteiger partial charge in [-0.05, 0) is 12.1 Å². The van der Waals surface area contributed by atoms with Crippen LogP contribution in [-0.4, -0.2) is 62.9 Å². The SMILES string of the molecule is CC(=O)N1CCN(S(=O)(=O)c2ccc3c(c2)OCCCO3)CC1. The lowest BCUT2D eigenvalue weighted by Gasteiger charge is -2.33. The first-order chi connectivity index (χ1) is 11.0. The van der Waals surface area contributed by atoms with Gasteiger partial charge in [0, 0.05) is 45.6 Å². The fourth-order valence-electron chi connectivity index (χ4n) is 2.70. The summed E-state index contributed by atoms with van der Waals surface area (Å²) in [4.78, 5) is 13.2. The molecular formula is C15H20N2O5S. The van der Waals surface area contributed by atoms with E-state index in [1.807, 2.05) is 0 Å². The van der Waals surface area contributed by atoms with E-state index in [0.29, 0.717) is 50.9 Å². The Bertz CT molecular complexity index is 696. The average molecular weight is 340 g/mol. The molecule has 1 amide bonds. The van der Waals surface area contributed by atoms with Gasteiger partial charge in [0.05, 0.1) is 18.1 Å². The third-order valence-electron chi connectivity index (χ3n) is 4.04. The second-order valence-corrected chi connectivity index (χ2v) is 7.51. The zero-order valence-electron chi connectivity index (χ0n) is 13.0. The topological polar surface area (TPSA) is 76.2 Å². The Kier molecular flexibility index (Phi) is 4.45. The zero-order chi connectivity index (χ0) is 16.4. The number of rotatable bonds is 2. The van der Waals surface area contributed by atoms with Crippen molar-refractivity contribution in [3.8, 4) is 11.5 Å². The second kappa shape index (κ2) is 6.37. The lowest BCUT2D eigenvalue weighted by Crippen LogP contribution is -2.49. The van der Waals surface area contributed by atoms with E-state index in [0.717, 1.165) is 6.42 Å². The van der Waals surface area contributed by atoms with Gasteiger partial charge in [-0.1, -0.05) is 0 Å². The smallest absolute Gasteiger partial charge is 0.243 e. The van der Waals surface area contributed by atoms with E-state index in [2.05, 4.69) is 0 Å². The van der Waals surface area contributed by atoms with E-state index in [4.69, 9.17) is 9.47 Å². The van der Waals surface area contributed by atoms with Crippen molar-refractivity contribution < 1.29 is 22.7 Å². The van der Waals surface area contributed by atoms with E-state index in [1.54, 1.807) is 17.0 Å². The summed E-state index contributed by atoms with van der Waals surface area (Å²) in [5.41, 5.74) is 0. The van der Waals surface area contributed by atoms with Gasteiger partial charge < -0.3 is 14.4 Å². The van der Waals surface area contributed by atoms with Crippen molar-refractivity contribution in [2.45, 2.75) is 18.2 Å². The monoisotopic (exact) mass is 340 g/mol. The summed E-state index contributed by atoms with van der Waals surface area (Å²) in [7, 11) is -3.60. The van der Waals surface area contributed by atoms with Crippen LogP contribution in [-0.2, 0) is 14.8 Å². The Morgan fingerprint density at radius 1 is 1.04 bits per heavy atom. The summed E-state index contributed by atoms with van der Waals surface area (Å²) in [6.45, 7) is 4.00. The summed E-state index contributed by atoms with van der Waals surface area (Å²) in [6, 6.07) is 4.70. The van der Waals surface area contributed by atoms with Crippen molar-refractivity contribution in [1.29, 1.82) is 0 Å². The van der Waals surface area contributed by atoms with Crippen LogP contribution in [0.2, 0.25) is 0 Å². The van der Waals surface area contributed by atoms with E-state index in [9.17, 15) is 13.2 Å². The minimum Gasteiger partial charge on any atom is -0.490 e. The summed E-state index contributed by atoms with van der Waals surface area (Å²) in [5, 5.41) is 0. The number of nitrogens with zero attached hydrogens (tertiary/aromatic N) is 2. The van der Waals surface area contributed by atoms with Gasteiger partial charge in [-0.2, -0.15) is 4.31 Å². The quantitative estimate of drug-likeness (QED) is 0.792. The number of piperazine rings is 1. The number of amides is 1. The maximum Gasteiger partial charge on any atom is 0.243 e. The van der Waals surface area contributed by atoms with E-state index < -0.39 is 10.0 Å². The first kappa shape index (κ1) is 16.1. The number of hydrogen-bond donors (Lipinski definition) is 0. The van der Waals surface area contributed by atoms with Crippen molar-refractivity contribution in [3.63, 3.8) is 0 Å². The highest BCUT2D eigenvalue weighted by Gasteiger charge is 2.30. The Hall–Kier alpha value is -1.80. The van der Waals surface area contributed by atoms with Crippen LogP contribution in [0.4, 0.5) is 0 Å². The predicted molar refractivity (Wildman–Crippen MR) is 83.1 cm³/mol. The maximum atomic E-state index is 12.8. The molecule has 3 rings (SSSR count). The van der Waals surface area contributed by atoms with Crippen LogP contribution in [0.5, 0.6) is 11.5 Å². The van der Waals surface area contributed by atoms with Gasteiger partial charge in [0.15, 0.2) is 11.5 Å². The van der Waals surface area contributed by atoms with Crippen molar-refractivity contribution in [2.75, 3.05) is 39.4 Å². The standard InChI is InChI=1S/C15H20N2O5S/c1-12(18)16-5-7-17(8-6-16)23(19,20)13-3-4-14-15(11-13)22-10-2-9-21-14/h3-4,11H,2,5-10H2,1H3. The predicted octanol–water partition coefficient (Wildman–Crippen LogP) is 0.701. The number of ether oxygens (including phenoxy) is 2. The van der Waals surface area contributed by atoms with Crippen LogP contribution in [0.25, 0.3) is 0 Å². The molecule has 1 saturated heterocycles. The molecule has 0 unspecified atom stereocenters.